The van der Waals surface area contributed by atoms with Gasteiger partial charge in [-0.1, -0.05) is 0 Å². The van der Waals surface area contributed by atoms with Crippen molar-refractivity contribution in [3.63, 3.8) is 0 Å². The summed E-state index contributed by atoms with van der Waals surface area (Å²) in [4.78, 5) is 9.80. The van der Waals surface area contributed by atoms with E-state index in [1.807, 2.05) is 0 Å². The maximum atomic E-state index is 13.9. The number of aliphatic hydroxyl groups excluding tert-OH is 2. The Kier molecular flexibility index (Phi) is 7.82. The third-order valence-corrected chi connectivity index (χ3v) is 5.25. The highest BCUT2D eigenvalue weighted by molar-refractivity contribution is 7.92. The zero-order valence-electron chi connectivity index (χ0n) is 16.0. The second kappa shape index (κ2) is 9.97. The summed E-state index contributed by atoms with van der Waals surface area (Å²) in [5.41, 5.74) is -0.596. The van der Waals surface area contributed by atoms with E-state index < -0.39 is 68.4 Å². The molecule has 1 atom stereocenters. The van der Waals surface area contributed by atoms with E-state index in [-0.39, 0.29) is 18.0 Å². The number of nitrogens with one attached hydrogen (secondary N) is 3. The first-order valence-electron chi connectivity index (χ1n) is 8.49. The molecular formula is C17H16F5N3O6S. The van der Waals surface area contributed by atoms with Crippen LogP contribution >= 0.6 is 0 Å². The van der Waals surface area contributed by atoms with Crippen LogP contribution in [0, 0.1) is 29.1 Å². The third-order valence-electron chi connectivity index (χ3n) is 3.85. The molecule has 0 bridgehead atoms. The smallest absolute Gasteiger partial charge is 0.319 e. The minimum absolute atomic E-state index is 0.00189. The molecule has 0 aliphatic rings. The first kappa shape index (κ1) is 25.1. The van der Waals surface area contributed by atoms with Crippen LogP contribution in [0.4, 0.5) is 38.1 Å². The number of ether oxygens (including phenoxy) is 1. The molecule has 0 spiro atoms. The molecule has 1 unspecified atom stereocenters. The van der Waals surface area contributed by atoms with Crippen LogP contribution in [-0.2, 0) is 10.0 Å². The van der Waals surface area contributed by atoms with E-state index >= 15 is 0 Å². The lowest BCUT2D eigenvalue weighted by atomic mass is 10.2. The van der Waals surface area contributed by atoms with Crippen LogP contribution in [0.2, 0.25) is 0 Å². The molecule has 9 nitrogen and oxygen atoms in total. The van der Waals surface area contributed by atoms with Crippen molar-refractivity contribution in [2.24, 2.45) is 0 Å². The molecule has 0 aliphatic carbocycles. The molecule has 0 heterocycles. The van der Waals surface area contributed by atoms with Gasteiger partial charge in [0.1, 0.15) is 5.75 Å². The summed E-state index contributed by atoms with van der Waals surface area (Å²) in [7, 11) is -4.10. The largest absolute Gasteiger partial charge is 0.495 e. The average molecular weight is 485 g/mol. The van der Waals surface area contributed by atoms with Gasteiger partial charge < -0.3 is 25.6 Å². The number of rotatable bonds is 8. The summed E-state index contributed by atoms with van der Waals surface area (Å²) < 4.78 is 99.0. The van der Waals surface area contributed by atoms with Gasteiger partial charge >= 0.3 is 6.03 Å². The molecule has 0 saturated heterocycles. The zero-order chi connectivity index (χ0) is 24.2. The lowest BCUT2D eigenvalue weighted by molar-refractivity contribution is 0.0965. The summed E-state index contributed by atoms with van der Waals surface area (Å²) in [6, 6.07) is 2.19. The van der Waals surface area contributed by atoms with Crippen molar-refractivity contribution in [2.75, 3.05) is 30.3 Å². The van der Waals surface area contributed by atoms with Crippen molar-refractivity contribution in [3.05, 3.63) is 47.3 Å². The topological polar surface area (TPSA) is 137 Å². The van der Waals surface area contributed by atoms with E-state index in [2.05, 4.69) is 10.6 Å². The minimum Gasteiger partial charge on any atom is -0.495 e. The predicted molar refractivity (Wildman–Crippen MR) is 100 cm³/mol. The van der Waals surface area contributed by atoms with Gasteiger partial charge in [-0.2, -0.15) is 0 Å². The number of amides is 2. The average Bonchev–Trinajstić information content (AvgIpc) is 2.74. The van der Waals surface area contributed by atoms with Crippen LogP contribution in [0.1, 0.15) is 0 Å². The number of urea groups is 1. The van der Waals surface area contributed by atoms with Crippen molar-refractivity contribution in [3.8, 4) is 5.75 Å². The number of benzene rings is 2. The predicted octanol–water partition coefficient (Wildman–Crippen LogP) is 1.67. The van der Waals surface area contributed by atoms with Gasteiger partial charge in [-0.05, 0) is 18.2 Å². The maximum Gasteiger partial charge on any atom is 0.319 e. The Bertz CT molecular complexity index is 1100. The molecule has 2 amide bonds. The van der Waals surface area contributed by atoms with Gasteiger partial charge in [-0.3, -0.25) is 4.72 Å². The van der Waals surface area contributed by atoms with Gasteiger partial charge in [0.25, 0.3) is 10.0 Å². The maximum absolute atomic E-state index is 13.9. The summed E-state index contributed by atoms with van der Waals surface area (Å²) in [5.74, 6) is -12.5. The molecule has 0 aromatic heterocycles. The van der Waals surface area contributed by atoms with E-state index in [0.717, 1.165) is 18.2 Å². The SMILES string of the molecule is COc1ccc(NS(=O)(=O)c2c(F)c(F)c(F)c(F)c2F)cc1NC(=O)NCC(O)CO. The highest BCUT2D eigenvalue weighted by Crippen LogP contribution is 2.31. The molecule has 0 aliphatic heterocycles. The number of carbonyl (C=O) groups excluding carboxylic acids is 1. The van der Waals surface area contributed by atoms with E-state index in [1.165, 1.54) is 7.11 Å². The van der Waals surface area contributed by atoms with E-state index in [4.69, 9.17) is 9.84 Å². The number of sulfonamides is 1. The van der Waals surface area contributed by atoms with Crippen LogP contribution in [0.25, 0.3) is 0 Å². The van der Waals surface area contributed by atoms with E-state index in [1.54, 1.807) is 4.72 Å². The zero-order valence-corrected chi connectivity index (χ0v) is 16.9. The molecule has 0 fully saturated rings. The number of hydrogen-bond acceptors (Lipinski definition) is 6. The van der Waals surface area contributed by atoms with Crippen molar-refractivity contribution in [1.82, 2.24) is 5.32 Å². The molecule has 5 N–H and O–H groups in total. The number of halogens is 5. The first-order chi connectivity index (χ1) is 14.9. The number of carbonyl (C=O) groups is 1. The fourth-order valence-corrected chi connectivity index (χ4v) is 3.53. The summed E-state index contributed by atoms with van der Waals surface area (Å²) in [6.45, 7) is -0.963. The summed E-state index contributed by atoms with van der Waals surface area (Å²) >= 11 is 0. The summed E-state index contributed by atoms with van der Waals surface area (Å²) in [6.07, 6.45) is -1.25. The third kappa shape index (κ3) is 5.35. The minimum atomic E-state index is -5.30. The van der Waals surface area contributed by atoms with Crippen molar-refractivity contribution >= 4 is 27.4 Å². The fraction of sp³-hybridized carbons (Fsp3) is 0.235. The van der Waals surface area contributed by atoms with Crippen molar-refractivity contribution in [2.45, 2.75) is 11.0 Å². The molecular weight excluding hydrogens is 469 g/mol. The lowest BCUT2D eigenvalue weighted by Gasteiger charge is -2.15. The van der Waals surface area contributed by atoms with Gasteiger partial charge in [0.15, 0.2) is 28.2 Å². The highest BCUT2D eigenvalue weighted by Gasteiger charge is 2.33. The fourth-order valence-electron chi connectivity index (χ4n) is 2.34. The number of hydrogen-bond donors (Lipinski definition) is 5. The first-order valence-corrected chi connectivity index (χ1v) is 9.97. The quantitative estimate of drug-likeness (QED) is 0.219. The van der Waals surface area contributed by atoms with Crippen LogP contribution < -0.4 is 20.1 Å². The van der Waals surface area contributed by atoms with Crippen LogP contribution in [0.5, 0.6) is 5.75 Å². The Hall–Kier alpha value is -3.17. The standard InChI is InChI=1S/C17H16F5N3O6S/c1-31-10-3-2-7(4-9(10)24-17(28)23-5-8(27)6-26)25-32(29,30)16-14(21)12(19)11(18)13(20)15(16)22/h2-4,8,25-27H,5-6H2,1H3,(H2,23,24,28). The van der Waals surface area contributed by atoms with Crippen LogP contribution in [0.15, 0.2) is 23.1 Å². The molecule has 2 rings (SSSR count). The normalized spacial score (nSPS) is 12.2. The summed E-state index contributed by atoms with van der Waals surface area (Å²) in [5, 5.41) is 22.4. The molecule has 15 heteroatoms. The van der Waals surface area contributed by atoms with Crippen molar-refractivity contribution in [1.29, 1.82) is 0 Å². The number of methoxy groups -OCH3 is 1. The Balaban J connectivity index is 2.36. The Morgan fingerprint density at radius 3 is 2.16 bits per heavy atom. The lowest BCUT2D eigenvalue weighted by Crippen LogP contribution is -2.36. The van der Waals surface area contributed by atoms with E-state index in [0.29, 0.717) is 0 Å². The number of anilines is 2. The van der Waals surface area contributed by atoms with E-state index in [9.17, 15) is 40.3 Å². The molecule has 2 aromatic rings. The monoisotopic (exact) mass is 485 g/mol. The van der Waals surface area contributed by atoms with Gasteiger partial charge in [-0.15, -0.1) is 0 Å². The van der Waals surface area contributed by atoms with Gasteiger partial charge in [0.2, 0.25) is 5.82 Å². The van der Waals surface area contributed by atoms with Crippen molar-refractivity contribution < 1.29 is 50.1 Å². The van der Waals surface area contributed by atoms with Crippen LogP contribution in [0.3, 0.4) is 0 Å². The molecule has 0 radical (unpaired) electrons. The molecule has 2 aromatic carbocycles. The second-order valence-electron chi connectivity index (χ2n) is 6.09. The Labute approximate surface area is 177 Å². The highest BCUT2D eigenvalue weighted by atomic mass is 32.2. The molecule has 0 saturated carbocycles. The van der Waals surface area contributed by atoms with Gasteiger partial charge in [0, 0.05) is 6.54 Å². The molecule has 32 heavy (non-hydrogen) atoms. The van der Waals surface area contributed by atoms with Gasteiger partial charge in [0.05, 0.1) is 31.2 Å². The van der Waals surface area contributed by atoms with Crippen LogP contribution in [-0.4, -0.2) is 51.0 Å². The Morgan fingerprint density at radius 2 is 1.62 bits per heavy atom. The molecule has 176 valence electrons. The van der Waals surface area contributed by atoms with Gasteiger partial charge in [-0.25, -0.2) is 35.2 Å². The Morgan fingerprint density at radius 1 is 1.06 bits per heavy atom. The number of aliphatic hydroxyl groups is 2. The second-order valence-corrected chi connectivity index (χ2v) is 7.71.